The lowest BCUT2D eigenvalue weighted by atomic mass is 10.0. The van der Waals surface area contributed by atoms with Crippen LogP contribution in [0.4, 0.5) is 4.79 Å². The number of carbonyl (C=O) groups is 1. The quantitative estimate of drug-likeness (QED) is 0.683. The number of nitrogens with one attached hydrogen (secondary N) is 1. The van der Waals surface area contributed by atoms with Crippen molar-refractivity contribution >= 4 is 6.09 Å². The lowest BCUT2D eigenvalue weighted by Gasteiger charge is -2.24. The molecule has 1 amide bonds. The van der Waals surface area contributed by atoms with Crippen LogP contribution in [0.15, 0.2) is 0 Å². The highest BCUT2D eigenvalue weighted by Gasteiger charge is 2.29. The first-order valence-electron chi connectivity index (χ1n) is 9.03. The maximum absolute atomic E-state index is 12.0. The number of ether oxygens (including phenoxy) is 1. The molecule has 1 fully saturated rings. The van der Waals surface area contributed by atoms with E-state index in [1.165, 1.54) is 25.7 Å². The highest BCUT2D eigenvalue weighted by Crippen LogP contribution is 2.21. The number of nitrogens with zero attached hydrogens (tertiary/aromatic N) is 1. The average Bonchev–Trinajstić information content (AvgIpc) is 2.86. The van der Waals surface area contributed by atoms with Gasteiger partial charge in [0, 0.05) is 19.1 Å². The molecule has 0 spiro atoms. The van der Waals surface area contributed by atoms with Crippen molar-refractivity contribution < 1.29 is 9.53 Å². The van der Waals surface area contributed by atoms with E-state index in [0.717, 1.165) is 32.5 Å². The summed E-state index contributed by atoms with van der Waals surface area (Å²) in [6, 6.07) is 0.606. The molecule has 0 aromatic rings. The van der Waals surface area contributed by atoms with Crippen LogP contribution in [-0.4, -0.2) is 42.3 Å². The summed E-state index contributed by atoms with van der Waals surface area (Å²) in [7, 11) is 0. The van der Waals surface area contributed by atoms with Crippen LogP contribution < -0.4 is 5.32 Å². The van der Waals surface area contributed by atoms with Gasteiger partial charge in [0.05, 0.1) is 0 Å². The molecule has 4 heteroatoms. The van der Waals surface area contributed by atoms with Gasteiger partial charge in [-0.15, -0.1) is 0 Å². The SMILES string of the molecule is CCCCCC(C)NCCC1CCN(C(=O)OC(C)(C)C)C1. The van der Waals surface area contributed by atoms with Gasteiger partial charge in [0.1, 0.15) is 5.60 Å². The zero-order valence-corrected chi connectivity index (χ0v) is 15.3. The number of rotatable bonds is 8. The van der Waals surface area contributed by atoms with Gasteiger partial charge < -0.3 is 15.0 Å². The summed E-state index contributed by atoms with van der Waals surface area (Å²) < 4.78 is 5.44. The first-order chi connectivity index (χ1) is 10.3. The molecule has 1 rings (SSSR count). The summed E-state index contributed by atoms with van der Waals surface area (Å²) in [5.74, 6) is 0.614. The second-order valence-electron chi connectivity index (χ2n) is 7.72. The Labute approximate surface area is 137 Å². The predicted octanol–water partition coefficient (Wildman–Crippen LogP) is 4.19. The minimum atomic E-state index is -0.398. The molecule has 0 saturated carbocycles. The monoisotopic (exact) mass is 312 g/mol. The van der Waals surface area contributed by atoms with Gasteiger partial charge in [0.25, 0.3) is 0 Å². The third kappa shape index (κ3) is 8.02. The van der Waals surface area contributed by atoms with E-state index < -0.39 is 5.60 Å². The molecule has 2 unspecified atom stereocenters. The van der Waals surface area contributed by atoms with Crippen molar-refractivity contribution in [2.24, 2.45) is 5.92 Å². The van der Waals surface area contributed by atoms with E-state index in [0.29, 0.717) is 12.0 Å². The molecule has 1 aliphatic heterocycles. The van der Waals surface area contributed by atoms with Crippen molar-refractivity contribution in [3.05, 3.63) is 0 Å². The van der Waals surface area contributed by atoms with E-state index in [-0.39, 0.29) is 6.09 Å². The molecule has 0 aliphatic carbocycles. The molecule has 22 heavy (non-hydrogen) atoms. The molecule has 1 aliphatic rings. The molecule has 1 heterocycles. The van der Waals surface area contributed by atoms with Gasteiger partial charge in [-0.2, -0.15) is 0 Å². The van der Waals surface area contributed by atoms with Gasteiger partial charge in [-0.05, 0) is 59.4 Å². The Morgan fingerprint density at radius 2 is 2.09 bits per heavy atom. The zero-order valence-electron chi connectivity index (χ0n) is 15.3. The summed E-state index contributed by atoms with van der Waals surface area (Å²) in [5.41, 5.74) is -0.398. The highest BCUT2D eigenvalue weighted by atomic mass is 16.6. The predicted molar refractivity (Wildman–Crippen MR) is 92.1 cm³/mol. The fraction of sp³-hybridized carbons (Fsp3) is 0.944. The molecule has 4 nitrogen and oxygen atoms in total. The third-order valence-corrected chi connectivity index (χ3v) is 4.22. The van der Waals surface area contributed by atoms with E-state index in [2.05, 4.69) is 19.2 Å². The Hall–Kier alpha value is -0.770. The largest absolute Gasteiger partial charge is 0.444 e. The lowest BCUT2D eigenvalue weighted by molar-refractivity contribution is 0.0287. The topological polar surface area (TPSA) is 41.6 Å². The van der Waals surface area contributed by atoms with Gasteiger partial charge in [-0.1, -0.05) is 26.2 Å². The number of carbonyl (C=O) groups excluding carboxylic acids is 1. The van der Waals surface area contributed by atoms with Gasteiger partial charge in [0.15, 0.2) is 0 Å². The van der Waals surface area contributed by atoms with Crippen molar-refractivity contribution in [2.75, 3.05) is 19.6 Å². The maximum Gasteiger partial charge on any atom is 0.410 e. The van der Waals surface area contributed by atoms with E-state index >= 15 is 0 Å². The second-order valence-corrected chi connectivity index (χ2v) is 7.72. The van der Waals surface area contributed by atoms with E-state index in [4.69, 9.17) is 4.74 Å². The number of hydrogen-bond donors (Lipinski definition) is 1. The average molecular weight is 312 g/mol. The van der Waals surface area contributed by atoms with Crippen LogP contribution in [0.25, 0.3) is 0 Å². The number of unbranched alkanes of at least 4 members (excludes halogenated alkanes) is 2. The molecule has 0 aromatic heterocycles. The van der Waals surface area contributed by atoms with Gasteiger partial charge in [0.2, 0.25) is 0 Å². The zero-order chi connectivity index (χ0) is 16.6. The molecule has 1 N–H and O–H groups in total. The number of amides is 1. The Morgan fingerprint density at radius 3 is 2.73 bits per heavy atom. The molecule has 0 bridgehead atoms. The summed E-state index contributed by atoms with van der Waals surface area (Å²) in [6.07, 6.45) is 7.30. The van der Waals surface area contributed by atoms with E-state index in [1.54, 1.807) is 0 Å². The summed E-state index contributed by atoms with van der Waals surface area (Å²) in [6.45, 7) is 13.0. The minimum absolute atomic E-state index is 0.157. The molecular formula is C18H36N2O2. The molecule has 2 atom stereocenters. The smallest absolute Gasteiger partial charge is 0.410 e. The number of hydrogen-bond acceptors (Lipinski definition) is 3. The van der Waals surface area contributed by atoms with Crippen LogP contribution in [0.2, 0.25) is 0 Å². The van der Waals surface area contributed by atoms with Gasteiger partial charge in [-0.3, -0.25) is 0 Å². The van der Waals surface area contributed by atoms with Crippen LogP contribution in [0.5, 0.6) is 0 Å². The van der Waals surface area contributed by atoms with E-state index in [1.807, 2.05) is 25.7 Å². The first kappa shape index (κ1) is 19.3. The van der Waals surface area contributed by atoms with E-state index in [9.17, 15) is 4.79 Å². The normalized spacial score (nSPS) is 20.2. The summed E-state index contributed by atoms with van der Waals surface area (Å²) >= 11 is 0. The van der Waals surface area contributed by atoms with Crippen LogP contribution >= 0.6 is 0 Å². The highest BCUT2D eigenvalue weighted by molar-refractivity contribution is 5.68. The van der Waals surface area contributed by atoms with Crippen LogP contribution in [-0.2, 0) is 4.74 Å². The number of likely N-dealkylation sites (tertiary alicyclic amines) is 1. The summed E-state index contributed by atoms with van der Waals surface area (Å²) in [4.78, 5) is 13.9. The lowest BCUT2D eigenvalue weighted by Crippen LogP contribution is -2.35. The molecular weight excluding hydrogens is 276 g/mol. The van der Waals surface area contributed by atoms with Gasteiger partial charge in [-0.25, -0.2) is 4.79 Å². The van der Waals surface area contributed by atoms with Crippen LogP contribution in [0, 0.1) is 5.92 Å². The molecule has 130 valence electrons. The van der Waals surface area contributed by atoms with Crippen LogP contribution in [0.1, 0.15) is 73.1 Å². The standard InChI is InChI=1S/C18H36N2O2/c1-6-7-8-9-15(2)19-12-10-16-11-13-20(14-16)17(21)22-18(3,4)5/h15-16,19H,6-14H2,1-5H3. The van der Waals surface area contributed by atoms with Crippen molar-refractivity contribution in [3.8, 4) is 0 Å². The van der Waals surface area contributed by atoms with Crippen molar-refractivity contribution in [2.45, 2.75) is 84.8 Å². The molecule has 0 radical (unpaired) electrons. The van der Waals surface area contributed by atoms with Crippen LogP contribution in [0.3, 0.4) is 0 Å². The Balaban J connectivity index is 2.15. The fourth-order valence-corrected chi connectivity index (χ4v) is 2.90. The molecule has 0 aromatic carbocycles. The van der Waals surface area contributed by atoms with Gasteiger partial charge >= 0.3 is 6.09 Å². The van der Waals surface area contributed by atoms with Crippen molar-refractivity contribution in [1.29, 1.82) is 0 Å². The van der Waals surface area contributed by atoms with Crippen molar-refractivity contribution in [3.63, 3.8) is 0 Å². The Kier molecular flexibility index (Phi) is 8.23. The summed E-state index contributed by atoms with van der Waals surface area (Å²) in [5, 5.41) is 3.62. The minimum Gasteiger partial charge on any atom is -0.444 e. The third-order valence-electron chi connectivity index (χ3n) is 4.22. The second kappa shape index (κ2) is 9.39. The fourth-order valence-electron chi connectivity index (χ4n) is 2.90. The Morgan fingerprint density at radius 1 is 1.36 bits per heavy atom. The van der Waals surface area contributed by atoms with Crippen molar-refractivity contribution in [1.82, 2.24) is 10.2 Å². The molecule has 1 saturated heterocycles. The maximum atomic E-state index is 12.0. The first-order valence-corrected chi connectivity index (χ1v) is 9.03. The Bertz CT molecular complexity index is 326.